The molecule has 0 saturated carbocycles. The van der Waals surface area contributed by atoms with Gasteiger partial charge in [0.2, 0.25) is 0 Å². The van der Waals surface area contributed by atoms with E-state index in [-0.39, 0.29) is 0 Å². The first-order chi connectivity index (χ1) is 14.3. The van der Waals surface area contributed by atoms with E-state index in [1.807, 2.05) is 54.7 Å². The maximum absolute atomic E-state index is 8.36. The first kappa shape index (κ1) is 24.7. The molecule has 0 fully saturated rings. The van der Waals surface area contributed by atoms with E-state index in [9.17, 15) is 0 Å². The second kappa shape index (κ2) is 13.0. The fourth-order valence-electron chi connectivity index (χ4n) is 2.35. The second-order valence-electron chi connectivity index (χ2n) is 5.94. The molecule has 160 valence electrons. The van der Waals surface area contributed by atoms with Crippen LogP contribution < -0.4 is 0 Å². The second-order valence-corrected chi connectivity index (χ2v) is 9.57. The van der Waals surface area contributed by atoms with Crippen LogP contribution in [-0.4, -0.2) is 30.8 Å². The lowest BCUT2D eigenvalue weighted by Gasteiger charge is -2.17. The Labute approximate surface area is 197 Å². The molecule has 3 rings (SSSR count). The SMILES string of the molecule is Clc1ccc(CSC(CSc2ccc(Cl)cc2Cl)Cn2ccnc2)cc1.O=[N+]([O-])O. The molecule has 0 aliphatic carbocycles. The molecular formula is C19H18Cl3N3O3S2. The minimum absolute atomic E-state index is 0.414. The van der Waals surface area contributed by atoms with Crippen LogP contribution in [0.25, 0.3) is 0 Å². The van der Waals surface area contributed by atoms with Gasteiger partial charge in [-0.1, -0.05) is 46.9 Å². The van der Waals surface area contributed by atoms with Gasteiger partial charge in [0.05, 0.1) is 11.3 Å². The maximum atomic E-state index is 8.36. The van der Waals surface area contributed by atoms with Gasteiger partial charge >= 0.3 is 0 Å². The van der Waals surface area contributed by atoms with Gasteiger partial charge in [-0.3, -0.25) is 0 Å². The summed E-state index contributed by atoms with van der Waals surface area (Å²) in [6.45, 7) is 0.899. The quantitative estimate of drug-likeness (QED) is 0.211. The molecule has 11 heteroatoms. The van der Waals surface area contributed by atoms with Crippen molar-refractivity contribution in [2.45, 2.75) is 22.4 Å². The Balaban J connectivity index is 0.000000735. The molecule has 0 bridgehead atoms. The van der Waals surface area contributed by atoms with Crippen molar-refractivity contribution in [2.75, 3.05) is 5.75 Å². The molecule has 3 aromatic rings. The van der Waals surface area contributed by atoms with E-state index in [1.165, 1.54) is 5.56 Å². The van der Waals surface area contributed by atoms with Gasteiger partial charge in [0, 0.05) is 50.6 Å². The van der Waals surface area contributed by atoms with Crippen LogP contribution in [0.2, 0.25) is 15.1 Å². The fraction of sp³-hybridized carbons (Fsp3) is 0.211. The Morgan fingerprint density at radius 1 is 1.13 bits per heavy atom. The van der Waals surface area contributed by atoms with Crippen molar-refractivity contribution in [1.29, 1.82) is 0 Å². The van der Waals surface area contributed by atoms with Crippen molar-refractivity contribution in [3.63, 3.8) is 0 Å². The summed E-state index contributed by atoms with van der Waals surface area (Å²) in [6, 6.07) is 13.7. The number of aromatic nitrogens is 2. The molecule has 1 heterocycles. The van der Waals surface area contributed by atoms with Crippen LogP contribution >= 0.6 is 58.3 Å². The Morgan fingerprint density at radius 3 is 2.40 bits per heavy atom. The number of imidazole rings is 1. The minimum Gasteiger partial charge on any atom is -0.336 e. The first-order valence-corrected chi connectivity index (χ1v) is 11.7. The number of hydrogen-bond donors (Lipinski definition) is 1. The summed E-state index contributed by atoms with van der Waals surface area (Å²) in [7, 11) is 0. The molecule has 1 N–H and O–H groups in total. The third-order valence-corrected chi connectivity index (χ3v) is 7.34. The summed E-state index contributed by atoms with van der Waals surface area (Å²) in [5, 5.41) is 16.2. The summed E-state index contributed by atoms with van der Waals surface area (Å²) in [5.74, 6) is 1.88. The van der Waals surface area contributed by atoms with Gasteiger partial charge in [0.15, 0.2) is 0 Å². The van der Waals surface area contributed by atoms with Crippen LogP contribution in [0.4, 0.5) is 0 Å². The zero-order valence-corrected chi connectivity index (χ0v) is 19.4. The number of rotatable bonds is 8. The van der Waals surface area contributed by atoms with Crippen LogP contribution in [0, 0.1) is 10.1 Å². The Morgan fingerprint density at radius 2 is 1.80 bits per heavy atom. The van der Waals surface area contributed by atoms with E-state index < -0.39 is 5.09 Å². The van der Waals surface area contributed by atoms with Crippen LogP contribution in [-0.2, 0) is 12.3 Å². The number of nitrogens with zero attached hydrogens (tertiary/aromatic N) is 3. The molecule has 2 aromatic carbocycles. The number of hydrogen-bond acceptors (Lipinski definition) is 5. The molecule has 1 unspecified atom stereocenters. The number of halogens is 3. The summed E-state index contributed by atoms with van der Waals surface area (Å²) in [5.41, 5.74) is 1.27. The lowest BCUT2D eigenvalue weighted by Crippen LogP contribution is -2.15. The molecule has 1 aromatic heterocycles. The van der Waals surface area contributed by atoms with Crippen molar-refractivity contribution in [2.24, 2.45) is 0 Å². The van der Waals surface area contributed by atoms with Gasteiger partial charge in [-0.25, -0.2) is 4.98 Å². The standard InChI is InChI=1S/C19H17Cl3N2S2.HNO3/c20-15-3-1-14(2-4-15)11-25-17(10-24-8-7-23-13-24)12-26-19-6-5-16(21)9-18(19)22;2-1(3)4/h1-9,13,17H,10-12H2;(H,2,3,4). The third kappa shape index (κ3) is 9.49. The fourth-order valence-corrected chi connectivity index (χ4v) is 5.37. The van der Waals surface area contributed by atoms with E-state index in [0.29, 0.717) is 15.3 Å². The Hall–Kier alpha value is -1.58. The highest BCUT2D eigenvalue weighted by Crippen LogP contribution is 2.33. The first-order valence-electron chi connectivity index (χ1n) is 8.56. The molecule has 6 nitrogen and oxygen atoms in total. The highest BCUT2D eigenvalue weighted by molar-refractivity contribution is 8.03. The van der Waals surface area contributed by atoms with E-state index in [0.717, 1.165) is 28.0 Å². The maximum Gasteiger partial charge on any atom is 0.291 e. The molecule has 0 amide bonds. The van der Waals surface area contributed by atoms with Gasteiger partial charge in [-0.15, -0.1) is 21.9 Å². The van der Waals surface area contributed by atoms with Crippen molar-refractivity contribution in [3.05, 3.63) is 91.9 Å². The highest BCUT2D eigenvalue weighted by atomic mass is 35.5. The normalized spacial score (nSPS) is 11.4. The van der Waals surface area contributed by atoms with Crippen molar-refractivity contribution >= 4 is 58.3 Å². The Kier molecular flexibility index (Phi) is 10.7. The molecule has 1 atom stereocenters. The topological polar surface area (TPSA) is 81.2 Å². The number of thioether (sulfide) groups is 2. The smallest absolute Gasteiger partial charge is 0.291 e. The van der Waals surface area contributed by atoms with E-state index in [1.54, 1.807) is 17.8 Å². The molecule has 0 aliphatic rings. The highest BCUT2D eigenvalue weighted by Gasteiger charge is 2.13. The molecule has 0 saturated heterocycles. The summed E-state index contributed by atoms with van der Waals surface area (Å²) >= 11 is 21.9. The predicted octanol–water partition coefficient (Wildman–Crippen LogP) is 6.59. The molecule has 0 aliphatic heterocycles. The van der Waals surface area contributed by atoms with Gasteiger partial charge in [-0.2, -0.15) is 11.8 Å². The van der Waals surface area contributed by atoms with Crippen LogP contribution in [0.3, 0.4) is 0 Å². The van der Waals surface area contributed by atoms with Gasteiger partial charge in [0.1, 0.15) is 0 Å². The third-order valence-electron chi connectivity index (χ3n) is 3.69. The average Bonchev–Trinajstić information content (AvgIpc) is 3.19. The summed E-state index contributed by atoms with van der Waals surface area (Å²) in [6.07, 6.45) is 5.66. The Bertz CT molecular complexity index is 925. The minimum atomic E-state index is -1.50. The largest absolute Gasteiger partial charge is 0.336 e. The van der Waals surface area contributed by atoms with Crippen molar-refractivity contribution < 1.29 is 10.3 Å². The van der Waals surface area contributed by atoms with Crippen LogP contribution in [0.1, 0.15) is 5.56 Å². The van der Waals surface area contributed by atoms with Crippen molar-refractivity contribution in [1.82, 2.24) is 9.55 Å². The van der Waals surface area contributed by atoms with E-state index in [4.69, 9.17) is 50.1 Å². The van der Waals surface area contributed by atoms with Gasteiger partial charge < -0.3 is 9.77 Å². The zero-order valence-electron chi connectivity index (χ0n) is 15.5. The predicted molar refractivity (Wildman–Crippen MR) is 125 cm³/mol. The lowest BCUT2D eigenvalue weighted by atomic mass is 10.2. The van der Waals surface area contributed by atoms with Crippen molar-refractivity contribution in [3.8, 4) is 0 Å². The summed E-state index contributed by atoms with van der Waals surface area (Å²) < 4.78 is 2.11. The zero-order chi connectivity index (χ0) is 21.9. The number of benzene rings is 2. The van der Waals surface area contributed by atoms with Crippen LogP contribution in [0.15, 0.2) is 66.1 Å². The summed E-state index contributed by atoms with van der Waals surface area (Å²) in [4.78, 5) is 13.6. The molecule has 0 spiro atoms. The molecule has 30 heavy (non-hydrogen) atoms. The average molecular weight is 507 g/mol. The lowest BCUT2D eigenvalue weighted by molar-refractivity contribution is -0.742. The monoisotopic (exact) mass is 505 g/mol. The van der Waals surface area contributed by atoms with E-state index >= 15 is 0 Å². The van der Waals surface area contributed by atoms with Gasteiger partial charge in [0.25, 0.3) is 5.09 Å². The molecule has 0 radical (unpaired) electrons. The van der Waals surface area contributed by atoms with Gasteiger partial charge in [-0.05, 0) is 35.9 Å². The van der Waals surface area contributed by atoms with Crippen LogP contribution in [0.5, 0.6) is 0 Å². The molecular weight excluding hydrogens is 489 g/mol. The van der Waals surface area contributed by atoms with E-state index in [2.05, 4.69) is 21.7 Å².